The number of anilines is 1. The van der Waals surface area contributed by atoms with Crippen LogP contribution in [0.3, 0.4) is 0 Å². The van der Waals surface area contributed by atoms with Crippen molar-refractivity contribution in [2.24, 2.45) is 5.73 Å². The molecule has 1 aromatic rings. The van der Waals surface area contributed by atoms with Crippen molar-refractivity contribution in [2.45, 2.75) is 32.2 Å². The highest BCUT2D eigenvalue weighted by atomic mass is 16.1. The van der Waals surface area contributed by atoms with Crippen molar-refractivity contribution in [3.63, 3.8) is 0 Å². The van der Waals surface area contributed by atoms with Crippen LogP contribution in [0.2, 0.25) is 0 Å². The molecule has 0 radical (unpaired) electrons. The molecule has 0 spiro atoms. The molecule has 0 fully saturated rings. The Bertz CT molecular complexity index is 359. The number of nitrogens with zero attached hydrogens (tertiary/aromatic N) is 1. The van der Waals surface area contributed by atoms with Crippen LogP contribution in [0.25, 0.3) is 0 Å². The second-order valence-electron chi connectivity index (χ2n) is 3.66. The van der Waals surface area contributed by atoms with E-state index in [0.717, 1.165) is 0 Å². The number of aromatic nitrogens is 1. The predicted octanol–water partition coefficient (Wildman–Crippen LogP) is 1.36. The largest absolute Gasteiger partial charge is 0.398 e. The van der Waals surface area contributed by atoms with E-state index in [-0.39, 0.29) is 5.78 Å². The molecule has 0 aliphatic carbocycles. The molecule has 0 aromatic carbocycles. The van der Waals surface area contributed by atoms with E-state index < -0.39 is 5.54 Å². The lowest BCUT2D eigenvalue weighted by Crippen LogP contribution is -2.47. The van der Waals surface area contributed by atoms with Crippen LogP contribution in [0.4, 0.5) is 5.69 Å². The molecule has 0 bridgehead atoms. The quantitative estimate of drug-likeness (QED) is 0.730. The maximum absolute atomic E-state index is 12.1. The van der Waals surface area contributed by atoms with Crippen molar-refractivity contribution in [1.82, 2.24) is 4.98 Å². The molecule has 0 atom stereocenters. The molecule has 1 rings (SSSR count). The minimum atomic E-state index is -0.822. The summed E-state index contributed by atoms with van der Waals surface area (Å²) in [6.07, 6.45) is 4.22. The molecule has 1 aromatic heterocycles. The van der Waals surface area contributed by atoms with Crippen molar-refractivity contribution in [3.8, 4) is 0 Å². The molecule has 0 saturated heterocycles. The van der Waals surface area contributed by atoms with Gasteiger partial charge >= 0.3 is 0 Å². The molecule has 4 nitrogen and oxygen atoms in total. The van der Waals surface area contributed by atoms with E-state index in [1.165, 1.54) is 6.20 Å². The highest BCUT2D eigenvalue weighted by Crippen LogP contribution is 2.21. The summed E-state index contributed by atoms with van der Waals surface area (Å²) in [5.41, 5.74) is 11.8. The van der Waals surface area contributed by atoms with Gasteiger partial charge < -0.3 is 11.5 Å². The third-order valence-corrected chi connectivity index (χ3v) is 2.81. The summed E-state index contributed by atoms with van der Waals surface area (Å²) in [4.78, 5) is 16.0. The van der Waals surface area contributed by atoms with Crippen molar-refractivity contribution >= 4 is 11.5 Å². The molecule has 4 heteroatoms. The number of ketones is 1. The van der Waals surface area contributed by atoms with Crippen LogP contribution in [0.15, 0.2) is 18.5 Å². The lowest BCUT2D eigenvalue weighted by molar-refractivity contribution is 0.0880. The van der Waals surface area contributed by atoms with Crippen LogP contribution in [0.1, 0.15) is 37.0 Å². The number of Topliss-reactive ketones (excluding diaryl/α,β-unsaturated/α-hetero) is 1. The summed E-state index contributed by atoms with van der Waals surface area (Å²) < 4.78 is 0. The van der Waals surface area contributed by atoms with Gasteiger partial charge in [-0.2, -0.15) is 0 Å². The Balaban J connectivity index is 3.09. The van der Waals surface area contributed by atoms with Crippen LogP contribution in [0, 0.1) is 0 Å². The number of rotatable bonds is 4. The standard InChI is InChI=1S/C11H17N3O/c1-3-11(13,4-2)10(15)8-7-14-6-5-9(8)12/h5-7H,3-4,13H2,1-2H3,(H2,12,14). The van der Waals surface area contributed by atoms with Crippen molar-refractivity contribution in [1.29, 1.82) is 0 Å². The van der Waals surface area contributed by atoms with E-state index in [4.69, 9.17) is 11.5 Å². The van der Waals surface area contributed by atoms with Gasteiger partial charge in [0.1, 0.15) is 0 Å². The number of nitrogens with two attached hydrogens (primary N) is 2. The number of carbonyl (C=O) groups is 1. The Morgan fingerprint density at radius 3 is 2.53 bits per heavy atom. The second-order valence-corrected chi connectivity index (χ2v) is 3.66. The van der Waals surface area contributed by atoms with Gasteiger partial charge in [0.05, 0.1) is 11.1 Å². The highest BCUT2D eigenvalue weighted by Gasteiger charge is 2.31. The first-order chi connectivity index (χ1) is 7.05. The number of nitrogen functional groups attached to an aromatic ring is 1. The molecule has 4 N–H and O–H groups in total. The predicted molar refractivity (Wildman–Crippen MR) is 60.5 cm³/mol. The van der Waals surface area contributed by atoms with Gasteiger partial charge in [-0.05, 0) is 18.9 Å². The van der Waals surface area contributed by atoms with E-state index >= 15 is 0 Å². The maximum Gasteiger partial charge on any atom is 0.186 e. The Morgan fingerprint density at radius 2 is 2.07 bits per heavy atom. The average Bonchev–Trinajstić information content (AvgIpc) is 2.28. The highest BCUT2D eigenvalue weighted by molar-refractivity contribution is 6.06. The molecule has 1 heterocycles. The summed E-state index contributed by atoms with van der Waals surface area (Å²) in [5, 5.41) is 0. The van der Waals surface area contributed by atoms with E-state index in [1.807, 2.05) is 13.8 Å². The van der Waals surface area contributed by atoms with Gasteiger partial charge in [-0.1, -0.05) is 13.8 Å². The van der Waals surface area contributed by atoms with E-state index in [2.05, 4.69) is 4.98 Å². The van der Waals surface area contributed by atoms with Crippen LogP contribution in [-0.4, -0.2) is 16.3 Å². The fourth-order valence-corrected chi connectivity index (χ4v) is 1.43. The fraction of sp³-hybridized carbons (Fsp3) is 0.455. The second kappa shape index (κ2) is 4.40. The molecular weight excluding hydrogens is 190 g/mol. The Hall–Kier alpha value is -1.42. The van der Waals surface area contributed by atoms with E-state index in [9.17, 15) is 4.79 Å². The van der Waals surface area contributed by atoms with Crippen molar-refractivity contribution in [2.75, 3.05) is 5.73 Å². The number of carbonyl (C=O) groups excluding carboxylic acids is 1. The molecule has 0 amide bonds. The summed E-state index contributed by atoms with van der Waals surface area (Å²) in [7, 11) is 0. The summed E-state index contributed by atoms with van der Waals surface area (Å²) in [5.74, 6) is -0.127. The zero-order valence-electron chi connectivity index (χ0n) is 9.16. The lowest BCUT2D eigenvalue weighted by Gasteiger charge is -2.25. The lowest BCUT2D eigenvalue weighted by atomic mass is 9.85. The van der Waals surface area contributed by atoms with E-state index in [1.54, 1.807) is 12.3 Å². The van der Waals surface area contributed by atoms with Gasteiger partial charge in [-0.15, -0.1) is 0 Å². The third-order valence-electron chi connectivity index (χ3n) is 2.81. The van der Waals surface area contributed by atoms with E-state index in [0.29, 0.717) is 24.1 Å². The average molecular weight is 207 g/mol. The van der Waals surface area contributed by atoms with Gasteiger partial charge in [-0.25, -0.2) is 0 Å². The molecule has 82 valence electrons. The zero-order chi connectivity index (χ0) is 11.5. The van der Waals surface area contributed by atoms with Crippen LogP contribution in [-0.2, 0) is 0 Å². The summed E-state index contributed by atoms with van der Waals surface area (Å²) >= 11 is 0. The first kappa shape index (κ1) is 11.7. The smallest absolute Gasteiger partial charge is 0.186 e. The molecule has 0 aliphatic heterocycles. The molecule has 0 aliphatic rings. The summed E-state index contributed by atoms with van der Waals surface area (Å²) in [6.45, 7) is 3.79. The fourth-order valence-electron chi connectivity index (χ4n) is 1.43. The topological polar surface area (TPSA) is 82.0 Å². The Kier molecular flexibility index (Phi) is 3.42. The van der Waals surface area contributed by atoms with Crippen LogP contribution < -0.4 is 11.5 Å². The van der Waals surface area contributed by atoms with Crippen molar-refractivity contribution in [3.05, 3.63) is 24.0 Å². The van der Waals surface area contributed by atoms with Crippen LogP contribution in [0.5, 0.6) is 0 Å². The van der Waals surface area contributed by atoms with Gasteiger partial charge in [0.2, 0.25) is 0 Å². The Labute approximate surface area is 89.7 Å². The minimum Gasteiger partial charge on any atom is -0.398 e. The molecular formula is C11H17N3O. The molecule has 15 heavy (non-hydrogen) atoms. The normalized spacial score (nSPS) is 11.4. The van der Waals surface area contributed by atoms with Crippen molar-refractivity contribution < 1.29 is 4.79 Å². The first-order valence-corrected chi connectivity index (χ1v) is 5.08. The third kappa shape index (κ3) is 2.15. The van der Waals surface area contributed by atoms with Gasteiger partial charge in [0.15, 0.2) is 5.78 Å². The molecule has 0 saturated carbocycles. The number of pyridine rings is 1. The molecule has 0 unspecified atom stereocenters. The van der Waals surface area contributed by atoms with Gasteiger partial charge in [0.25, 0.3) is 0 Å². The van der Waals surface area contributed by atoms with Crippen LogP contribution >= 0.6 is 0 Å². The van der Waals surface area contributed by atoms with Gasteiger partial charge in [-0.3, -0.25) is 9.78 Å². The summed E-state index contributed by atoms with van der Waals surface area (Å²) in [6, 6.07) is 1.61. The number of hydrogen-bond acceptors (Lipinski definition) is 4. The first-order valence-electron chi connectivity index (χ1n) is 5.08. The minimum absolute atomic E-state index is 0.127. The zero-order valence-corrected chi connectivity index (χ0v) is 9.16. The maximum atomic E-state index is 12.1. The van der Waals surface area contributed by atoms with Gasteiger partial charge in [0, 0.05) is 18.1 Å². The number of hydrogen-bond donors (Lipinski definition) is 2. The Morgan fingerprint density at radius 1 is 1.47 bits per heavy atom. The SMILES string of the molecule is CCC(N)(CC)C(=O)c1cnccc1N. The monoisotopic (exact) mass is 207 g/mol.